The zero-order valence-electron chi connectivity index (χ0n) is 16.8. The summed E-state index contributed by atoms with van der Waals surface area (Å²) in [4.78, 5) is 46.6. The molecule has 0 atom stereocenters. The fourth-order valence-corrected chi connectivity index (χ4v) is 4.21. The second-order valence-electron chi connectivity index (χ2n) is 7.07. The molecule has 11 heteroatoms. The first-order valence-corrected chi connectivity index (χ1v) is 10.1. The molecule has 1 saturated heterocycles. The van der Waals surface area contributed by atoms with Gasteiger partial charge < -0.3 is 24.6 Å². The van der Waals surface area contributed by atoms with Crippen LogP contribution in [0.5, 0.6) is 11.5 Å². The lowest BCUT2D eigenvalue weighted by Crippen LogP contribution is -2.37. The maximum Gasteiger partial charge on any atom is 0.325 e. The first-order valence-electron chi connectivity index (χ1n) is 9.28. The van der Waals surface area contributed by atoms with Crippen LogP contribution in [-0.2, 0) is 4.79 Å². The predicted molar refractivity (Wildman–Crippen MR) is 110 cm³/mol. The predicted octanol–water partition coefficient (Wildman–Crippen LogP) is 1.76. The number of carbonyl (C=O) groups excluding carboxylic acids is 3. The Balaban J connectivity index is 1.38. The maximum atomic E-state index is 12.8. The molecule has 0 spiro atoms. The number of rotatable bonds is 5. The van der Waals surface area contributed by atoms with Crippen LogP contribution in [-0.4, -0.2) is 73.2 Å². The van der Waals surface area contributed by atoms with E-state index < -0.39 is 0 Å². The van der Waals surface area contributed by atoms with Crippen molar-refractivity contribution in [2.24, 2.45) is 0 Å². The van der Waals surface area contributed by atoms with E-state index in [2.05, 4.69) is 10.3 Å². The molecule has 30 heavy (non-hydrogen) atoms. The zero-order chi connectivity index (χ0) is 21.4. The fourth-order valence-electron chi connectivity index (χ4n) is 3.21. The number of thiazole rings is 1. The monoisotopic (exact) mass is 431 g/mol. The summed E-state index contributed by atoms with van der Waals surface area (Å²) in [7, 11) is 3.31. The van der Waals surface area contributed by atoms with Gasteiger partial charge in [-0.3, -0.25) is 14.5 Å². The van der Waals surface area contributed by atoms with Crippen LogP contribution >= 0.6 is 11.3 Å². The normalized spacial score (nSPS) is 15.0. The summed E-state index contributed by atoms with van der Waals surface area (Å²) >= 11 is 1.12. The van der Waals surface area contributed by atoms with E-state index in [4.69, 9.17) is 9.47 Å². The average molecular weight is 431 g/mol. The van der Waals surface area contributed by atoms with Crippen LogP contribution in [0.15, 0.2) is 18.2 Å². The lowest BCUT2D eigenvalue weighted by atomic mass is 10.2. The van der Waals surface area contributed by atoms with Gasteiger partial charge in [0.25, 0.3) is 5.91 Å². The highest BCUT2D eigenvalue weighted by molar-refractivity contribution is 7.17. The van der Waals surface area contributed by atoms with E-state index in [1.807, 2.05) is 0 Å². The minimum atomic E-state index is -0.367. The van der Waals surface area contributed by atoms with Gasteiger partial charge in [0.1, 0.15) is 11.4 Å². The second kappa shape index (κ2) is 7.82. The molecule has 0 unspecified atom stereocenters. The Morgan fingerprint density at radius 3 is 2.77 bits per heavy atom. The number of carbonyl (C=O) groups is 3. The van der Waals surface area contributed by atoms with Crippen LogP contribution in [0.3, 0.4) is 0 Å². The summed E-state index contributed by atoms with van der Waals surface area (Å²) in [6.45, 7) is 2.66. The third kappa shape index (κ3) is 3.75. The van der Waals surface area contributed by atoms with E-state index in [1.165, 1.54) is 9.80 Å². The number of anilines is 2. The molecule has 3 heterocycles. The maximum absolute atomic E-state index is 12.8. The summed E-state index contributed by atoms with van der Waals surface area (Å²) in [5.41, 5.74) is 1.25. The molecule has 1 aromatic carbocycles. The number of aryl methyl sites for hydroxylation is 1. The van der Waals surface area contributed by atoms with Crippen molar-refractivity contribution in [2.75, 3.05) is 50.7 Å². The van der Waals surface area contributed by atoms with Gasteiger partial charge in [0.05, 0.1) is 5.69 Å². The quantitative estimate of drug-likeness (QED) is 0.774. The van der Waals surface area contributed by atoms with Gasteiger partial charge in [0.2, 0.25) is 12.7 Å². The minimum Gasteiger partial charge on any atom is -0.454 e. The standard InChI is InChI=1S/C19H21N5O5S/c1-11-16(17(26)22(2)3)30-18(20-11)21-15(25)9-23-6-7-24(19(23)27)12-4-5-13-14(8-12)29-10-28-13/h4-5,8H,6-7,9-10H2,1-3H3,(H,20,21,25). The molecule has 2 aromatic rings. The van der Waals surface area contributed by atoms with Crippen LogP contribution in [0.2, 0.25) is 0 Å². The van der Waals surface area contributed by atoms with Crippen molar-refractivity contribution in [3.63, 3.8) is 0 Å². The molecule has 4 amide bonds. The summed E-state index contributed by atoms with van der Waals surface area (Å²) in [6, 6.07) is 5.04. The zero-order valence-corrected chi connectivity index (χ0v) is 17.6. The molecule has 2 aliphatic heterocycles. The smallest absolute Gasteiger partial charge is 0.325 e. The third-order valence-electron chi connectivity index (χ3n) is 4.74. The Hall–Kier alpha value is -3.34. The molecule has 0 radical (unpaired) electrons. The SMILES string of the molecule is Cc1nc(NC(=O)CN2CCN(c3ccc4c(c3)OCO4)C2=O)sc1C(=O)N(C)C. The summed E-state index contributed by atoms with van der Waals surface area (Å²) < 4.78 is 10.7. The van der Waals surface area contributed by atoms with Crippen molar-refractivity contribution >= 4 is 40.0 Å². The van der Waals surface area contributed by atoms with E-state index in [0.29, 0.717) is 46.0 Å². The summed E-state index contributed by atoms with van der Waals surface area (Å²) in [6.07, 6.45) is 0. The van der Waals surface area contributed by atoms with Crippen LogP contribution in [0.1, 0.15) is 15.4 Å². The fraction of sp³-hybridized carbons (Fsp3) is 0.368. The van der Waals surface area contributed by atoms with Gasteiger partial charge >= 0.3 is 6.03 Å². The Kier molecular flexibility index (Phi) is 5.20. The number of benzene rings is 1. The van der Waals surface area contributed by atoms with Gasteiger partial charge in [0, 0.05) is 38.9 Å². The van der Waals surface area contributed by atoms with Crippen molar-refractivity contribution in [1.29, 1.82) is 0 Å². The van der Waals surface area contributed by atoms with E-state index in [9.17, 15) is 14.4 Å². The first kappa shape index (κ1) is 20.0. The molecule has 1 N–H and O–H groups in total. The lowest BCUT2D eigenvalue weighted by Gasteiger charge is -2.18. The van der Waals surface area contributed by atoms with Crippen LogP contribution in [0, 0.1) is 6.92 Å². The Labute approximate surface area is 177 Å². The topological polar surface area (TPSA) is 104 Å². The number of nitrogens with one attached hydrogen (secondary N) is 1. The highest BCUT2D eigenvalue weighted by Gasteiger charge is 2.32. The number of urea groups is 1. The second-order valence-corrected chi connectivity index (χ2v) is 8.07. The highest BCUT2D eigenvalue weighted by atomic mass is 32.1. The summed E-state index contributed by atoms with van der Waals surface area (Å²) in [5.74, 6) is 0.708. The number of hydrogen-bond donors (Lipinski definition) is 1. The molecule has 4 rings (SSSR count). The number of aromatic nitrogens is 1. The van der Waals surface area contributed by atoms with Crippen molar-refractivity contribution in [3.05, 3.63) is 28.8 Å². The minimum absolute atomic E-state index is 0.102. The average Bonchev–Trinajstić information content (AvgIpc) is 3.40. The van der Waals surface area contributed by atoms with Crippen LogP contribution in [0.4, 0.5) is 15.6 Å². The highest BCUT2D eigenvalue weighted by Crippen LogP contribution is 2.36. The number of nitrogens with zero attached hydrogens (tertiary/aromatic N) is 4. The van der Waals surface area contributed by atoms with E-state index >= 15 is 0 Å². The van der Waals surface area contributed by atoms with Crippen molar-refractivity contribution in [1.82, 2.24) is 14.8 Å². The number of amides is 4. The number of hydrogen-bond acceptors (Lipinski definition) is 7. The van der Waals surface area contributed by atoms with Crippen molar-refractivity contribution in [3.8, 4) is 11.5 Å². The van der Waals surface area contributed by atoms with Crippen molar-refractivity contribution in [2.45, 2.75) is 6.92 Å². The van der Waals surface area contributed by atoms with Gasteiger partial charge in [-0.15, -0.1) is 0 Å². The Morgan fingerprint density at radius 2 is 2.00 bits per heavy atom. The van der Waals surface area contributed by atoms with Crippen molar-refractivity contribution < 1.29 is 23.9 Å². The van der Waals surface area contributed by atoms with Gasteiger partial charge in [-0.25, -0.2) is 9.78 Å². The first-order chi connectivity index (χ1) is 14.3. The molecule has 0 bridgehead atoms. The third-order valence-corrected chi connectivity index (χ3v) is 5.80. The molecule has 1 aromatic heterocycles. The Morgan fingerprint density at radius 1 is 1.23 bits per heavy atom. The van der Waals surface area contributed by atoms with Gasteiger partial charge in [-0.1, -0.05) is 11.3 Å². The molecular formula is C19H21N5O5S. The molecular weight excluding hydrogens is 410 g/mol. The van der Waals surface area contributed by atoms with E-state index in [-0.39, 0.29) is 31.2 Å². The molecule has 158 valence electrons. The Bertz CT molecular complexity index is 1020. The molecule has 0 aliphatic carbocycles. The van der Waals surface area contributed by atoms with Crippen LogP contribution in [0.25, 0.3) is 0 Å². The van der Waals surface area contributed by atoms with E-state index in [0.717, 1.165) is 11.3 Å². The van der Waals surface area contributed by atoms with E-state index in [1.54, 1.807) is 44.1 Å². The molecule has 2 aliphatic rings. The summed E-state index contributed by atoms with van der Waals surface area (Å²) in [5, 5.41) is 3.02. The van der Waals surface area contributed by atoms with Gasteiger partial charge in [-0.05, 0) is 19.1 Å². The molecule has 1 fully saturated rings. The number of ether oxygens (including phenoxy) is 2. The van der Waals surface area contributed by atoms with Gasteiger partial charge in [-0.2, -0.15) is 0 Å². The lowest BCUT2D eigenvalue weighted by molar-refractivity contribution is -0.116. The molecule has 0 saturated carbocycles. The number of fused-ring (bicyclic) bond motifs is 1. The van der Waals surface area contributed by atoms with Gasteiger partial charge in [0.15, 0.2) is 16.6 Å². The molecule has 10 nitrogen and oxygen atoms in total. The van der Waals surface area contributed by atoms with Crippen LogP contribution < -0.4 is 19.7 Å². The largest absolute Gasteiger partial charge is 0.454 e.